The molecule has 0 aromatic carbocycles. The van der Waals surface area contributed by atoms with Crippen molar-refractivity contribution in [1.82, 2.24) is 4.72 Å². The number of nitrogens with one attached hydrogen (secondary N) is 1. The first-order valence-electron chi connectivity index (χ1n) is 5.75. The van der Waals surface area contributed by atoms with Gasteiger partial charge in [0.05, 0.1) is 12.7 Å². The Hall–Kier alpha value is -0.470. The van der Waals surface area contributed by atoms with Crippen LogP contribution in [0.3, 0.4) is 0 Å². The fourth-order valence-corrected chi connectivity index (χ4v) is 3.79. The molecule has 0 amide bonds. The fourth-order valence-electron chi connectivity index (χ4n) is 1.40. The van der Waals surface area contributed by atoms with E-state index in [4.69, 9.17) is 4.74 Å². The predicted octanol–water partition coefficient (Wildman–Crippen LogP) is 0.986. The monoisotopic (exact) mass is 293 g/mol. The third-order valence-corrected chi connectivity index (χ3v) is 5.56. The van der Waals surface area contributed by atoms with E-state index in [0.29, 0.717) is 10.6 Å². The number of sulfonamides is 1. The van der Waals surface area contributed by atoms with Gasteiger partial charge in [0.15, 0.2) is 0 Å². The Morgan fingerprint density at radius 3 is 2.78 bits per heavy atom. The molecule has 18 heavy (non-hydrogen) atoms. The van der Waals surface area contributed by atoms with Crippen LogP contribution < -0.4 is 4.72 Å². The second kappa shape index (κ2) is 7.20. The maximum Gasteiger partial charge on any atom is 0.250 e. The highest BCUT2D eigenvalue weighted by Crippen LogP contribution is 2.21. The second-order valence-corrected chi connectivity index (χ2v) is 7.03. The van der Waals surface area contributed by atoms with Crippen LogP contribution in [0.2, 0.25) is 0 Å². The Morgan fingerprint density at radius 2 is 2.22 bits per heavy atom. The van der Waals surface area contributed by atoms with E-state index in [0.717, 1.165) is 11.3 Å². The average molecular weight is 293 g/mol. The van der Waals surface area contributed by atoms with Crippen LogP contribution in [0.1, 0.15) is 18.2 Å². The SMILES string of the molecule is CCc1ccc(S(=O)(=O)NCCC(O)COC)s1. The molecule has 1 aromatic rings. The summed E-state index contributed by atoms with van der Waals surface area (Å²) in [6.07, 6.45) is 0.512. The van der Waals surface area contributed by atoms with Crippen LogP contribution in [0.25, 0.3) is 0 Å². The average Bonchev–Trinajstić information content (AvgIpc) is 2.78. The summed E-state index contributed by atoms with van der Waals surface area (Å²) in [5.41, 5.74) is 0. The van der Waals surface area contributed by atoms with Crippen molar-refractivity contribution in [2.45, 2.75) is 30.1 Å². The van der Waals surface area contributed by atoms with E-state index < -0.39 is 16.1 Å². The quantitative estimate of drug-likeness (QED) is 0.749. The molecular formula is C11H19NO4S2. The zero-order valence-corrected chi connectivity index (χ0v) is 12.2. The standard InChI is InChI=1S/C11H19NO4S2/c1-3-10-4-5-11(17-10)18(14,15)12-7-6-9(13)8-16-2/h4-5,9,12-13H,3,6-8H2,1-2H3. The lowest BCUT2D eigenvalue weighted by molar-refractivity contribution is 0.0603. The van der Waals surface area contributed by atoms with Crippen molar-refractivity contribution in [3.8, 4) is 0 Å². The summed E-state index contributed by atoms with van der Waals surface area (Å²) in [7, 11) is -1.95. The molecule has 0 aliphatic carbocycles. The van der Waals surface area contributed by atoms with Crippen molar-refractivity contribution in [3.63, 3.8) is 0 Å². The summed E-state index contributed by atoms with van der Waals surface area (Å²) >= 11 is 1.27. The van der Waals surface area contributed by atoms with E-state index in [1.165, 1.54) is 18.4 Å². The molecule has 1 heterocycles. The molecule has 1 atom stereocenters. The van der Waals surface area contributed by atoms with E-state index in [2.05, 4.69) is 4.72 Å². The molecule has 0 aliphatic heterocycles. The van der Waals surface area contributed by atoms with Gasteiger partial charge in [-0.1, -0.05) is 6.92 Å². The molecule has 0 saturated carbocycles. The molecule has 0 aliphatic rings. The Balaban J connectivity index is 2.50. The van der Waals surface area contributed by atoms with Gasteiger partial charge in [-0.3, -0.25) is 0 Å². The Kier molecular flexibility index (Phi) is 6.24. The minimum atomic E-state index is -3.44. The van der Waals surface area contributed by atoms with Gasteiger partial charge in [0.25, 0.3) is 0 Å². The van der Waals surface area contributed by atoms with Gasteiger partial charge in [-0.2, -0.15) is 0 Å². The zero-order valence-electron chi connectivity index (χ0n) is 10.5. The summed E-state index contributed by atoms with van der Waals surface area (Å²) in [6, 6.07) is 3.43. The maximum absolute atomic E-state index is 11.9. The highest BCUT2D eigenvalue weighted by Gasteiger charge is 2.16. The van der Waals surface area contributed by atoms with Crippen molar-refractivity contribution in [1.29, 1.82) is 0 Å². The van der Waals surface area contributed by atoms with E-state index in [9.17, 15) is 13.5 Å². The topological polar surface area (TPSA) is 75.6 Å². The number of aryl methyl sites for hydroxylation is 1. The molecule has 104 valence electrons. The van der Waals surface area contributed by atoms with E-state index in [1.54, 1.807) is 6.07 Å². The number of ether oxygens (including phenoxy) is 1. The van der Waals surface area contributed by atoms with Gasteiger partial charge in [-0.15, -0.1) is 11.3 Å². The predicted molar refractivity (Wildman–Crippen MR) is 71.4 cm³/mol. The molecule has 0 spiro atoms. The summed E-state index contributed by atoms with van der Waals surface area (Å²) < 4.78 is 31.3. The maximum atomic E-state index is 11.9. The third-order valence-electron chi connectivity index (χ3n) is 2.38. The number of rotatable bonds is 8. The van der Waals surface area contributed by atoms with Gasteiger partial charge < -0.3 is 9.84 Å². The molecule has 0 bridgehead atoms. The van der Waals surface area contributed by atoms with Crippen molar-refractivity contribution in [2.75, 3.05) is 20.3 Å². The molecule has 0 fully saturated rings. The normalized spacial score (nSPS) is 13.7. The minimum absolute atomic E-state index is 0.201. The first-order chi connectivity index (χ1) is 8.49. The number of thiophene rings is 1. The third kappa shape index (κ3) is 4.66. The minimum Gasteiger partial charge on any atom is -0.391 e. The molecule has 0 radical (unpaired) electrons. The molecular weight excluding hydrogens is 274 g/mol. The smallest absolute Gasteiger partial charge is 0.250 e. The van der Waals surface area contributed by atoms with Crippen LogP contribution in [0, 0.1) is 0 Å². The zero-order chi connectivity index (χ0) is 13.6. The number of aliphatic hydroxyl groups is 1. The van der Waals surface area contributed by atoms with Gasteiger partial charge in [-0.25, -0.2) is 13.1 Å². The summed E-state index contributed by atoms with van der Waals surface area (Å²) in [6.45, 7) is 2.39. The molecule has 2 N–H and O–H groups in total. The lowest BCUT2D eigenvalue weighted by Gasteiger charge is -2.09. The Morgan fingerprint density at radius 1 is 1.50 bits per heavy atom. The van der Waals surface area contributed by atoms with Crippen LogP contribution in [0.5, 0.6) is 0 Å². The van der Waals surface area contributed by atoms with Crippen LogP contribution in [-0.4, -0.2) is 39.9 Å². The highest BCUT2D eigenvalue weighted by atomic mass is 32.2. The Bertz CT molecular complexity index is 455. The molecule has 7 heteroatoms. The van der Waals surface area contributed by atoms with Crippen molar-refractivity contribution in [2.24, 2.45) is 0 Å². The fraction of sp³-hybridized carbons (Fsp3) is 0.636. The van der Waals surface area contributed by atoms with Crippen LogP contribution in [0.15, 0.2) is 16.3 Å². The van der Waals surface area contributed by atoms with Crippen molar-refractivity contribution >= 4 is 21.4 Å². The van der Waals surface area contributed by atoms with E-state index in [1.807, 2.05) is 13.0 Å². The van der Waals surface area contributed by atoms with Crippen LogP contribution in [0.4, 0.5) is 0 Å². The summed E-state index contributed by atoms with van der Waals surface area (Å²) in [4.78, 5) is 1.04. The first kappa shape index (κ1) is 15.6. The van der Waals surface area contributed by atoms with Crippen LogP contribution in [-0.2, 0) is 21.2 Å². The first-order valence-corrected chi connectivity index (χ1v) is 8.05. The van der Waals surface area contributed by atoms with Gasteiger partial charge in [0, 0.05) is 18.5 Å². The van der Waals surface area contributed by atoms with Gasteiger partial charge in [-0.05, 0) is 25.0 Å². The van der Waals surface area contributed by atoms with Crippen molar-refractivity contribution < 1.29 is 18.3 Å². The lowest BCUT2D eigenvalue weighted by atomic mass is 10.3. The van der Waals surface area contributed by atoms with E-state index in [-0.39, 0.29) is 13.2 Å². The molecule has 1 unspecified atom stereocenters. The molecule has 1 rings (SSSR count). The number of methoxy groups -OCH3 is 1. The summed E-state index contributed by atoms with van der Waals surface area (Å²) in [5.74, 6) is 0. The number of hydrogen-bond donors (Lipinski definition) is 2. The number of aliphatic hydroxyl groups excluding tert-OH is 1. The second-order valence-electron chi connectivity index (χ2n) is 3.87. The van der Waals surface area contributed by atoms with Crippen molar-refractivity contribution in [3.05, 3.63) is 17.0 Å². The highest BCUT2D eigenvalue weighted by molar-refractivity contribution is 7.91. The molecule has 1 aromatic heterocycles. The van der Waals surface area contributed by atoms with Gasteiger partial charge in [0.1, 0.15) is 4.21 Å². The largest absolute Gasteiger partial charge is 0.391 e. The Labute approximate surface area is 112 Å². The van der Waals surface area contributed by atoms with Gasteiger partial charge >= 0.3 is 0 Å². The molecule has 5 nitrogen and oxygen atoms in total. The number of hydrogen-bond acceptors (Lipinski definition) is 5. The summed E-state index contributed by atoms with van der Waals surface area (Å²) in [5, 5.41) is 9.40. The lowest BCUT2D eigenvalue weighted by Crippen LogP contribution is -2.28. The van der Waals surface area contributed by atoms with Gasteiger partial charge in [0.2, 0.25) is 10.0 Å². The molecule has 0 saturated heterocycles. The van der Waals surface area contributed by atoms with E-state index >= 15 is 0 Å². The van der Waals surface area contributed by atoms with Crippen LogP contribution >= 0.6 is 11.3 Å².